The fourth-order valence-corrected chi connectivity index (χ4v) is 7.98. The molecule has 4 nitrogen and oxygen atoms in total. The molecule has 0 spiro atoms. The second kappa shape index (κ2) is 11.4. The monoisotopic (exact) mass is 650 g/mol. The van der Waals surface area contributed by atoms with Crippen molar-refractivity contribution in [2.24, 2.45) is 7.05 Å². The Morgan fingerprint density at radius 1 is 0.660 bits per heavy atom. The molecule has 0 aliphatic heterocycles. The lowest BCUT2D eigenvalue weighted by Gasteiger charge is -2.21. The molecule has 9 aromatic rings. The summed E-state index contributed by atoms with van der Waals surface area (Å²) in [5.74, 6) is 1.68. The van der Waals surface area contributed by atoms with E-state index in [1.54, 1.807) is 0 Å². The Kier molecular flexibility index (Phi) is 6.93. The first-order valence-electron chi connectivity index (χ1n) is 17.7. The normalized spacial score (nSPS) is 12.2. The summed E-state index contributed by atoms with van der Waals surface area (Å²) >= 11 is 0. The second-order valence-corrected chi connectivity index (χ2v) is 14.3. The Labute approximate surface area is 292 Å². The largest absolute Gasteiger partial charge is 0.453 e. The molecular weight excluding hydrogens is 611 g/mol. The highest BCUT2D eigenvalue weighted by Gasteiger charge is 2.34. The Morgan fingerprint density at radius 2 is 1.36 bits per heavy atom. The number of fused-ring (bicyclic) bond motifs is 7. The SMILES string of the molecule is Cc1ccc2c(oc3cc4c(ccc5ccccc54)nc32)c1-c1n(-c2c(C(C)C)cc(-c3ccccc3)cc2C(C)C)c2ccccc2[n+]1C. The number of pyridine rings is 1. The van der Waals surface area contributed by atoms with Crippen molar-refractivity contribution in [2.45, 2.75) is 46.5 Å². The van der Waals surface area contributed by atoms with Crippen molar-refractivity contribution >= 4 is 54.8 Å². The Hall–Kier alpha value is -5.74. The van der Waals surface area contributed by atoms with E-state index in [2.05, 4.69) is 172 Å². The van der Waals surface area contributed by atoms with Crippen molar-refractivity contribution in [2.75, 3.05) is 0 Å². The van der Waals surface area contributed by atoms with Gasteiger partial charge in [0.1, 0.15) is 16.8 Å². The number of hydrogen-bond acceptors (Lipinski definition) is 2. The molecule has 0 saturated carbocycles. The summed E-state index contributed by atoms with van der Waals surface area (Å²) < 4.78 is 11.8. The van der Waals surface area contributed by atoms with Gasteiger partial charge in [0, 0.05) is 21.9 Å². The number of para-hydroxylation sites is 2. The van der Waals surface area contributed by atoms with Gasteiger partial charge in [0.15, 0.2) is 22.2 Å². The lowest BCUT2D eigenvalue weighted by molar-refractivity contribution is -0.633. The van der Waals surface area contributed by atoms with Gasteiger partial charge in [0.25, 0.3) is 5.82 Å². The van der Waals surface area contributed by atoms with Gasteiger partial charge in [-0.05, 0) is 88.7 Å². The van der Waals surface area contributed by atoms with Crippen LogP contribution in [0.1, 0.15) is 56.2 Å². The van der Waals surface area contributed by atoms with Gasteiger partial charge in [0.2, 0.25) is 0 Å². The quantitative estimate of drug-likeness (QED) is 0.137. The first-order valence-corrected chi connectivity index (χ1v) is 17.7. The lowest BCUT2D eigenvalue weighted by atomic mass is 9.88. The zero-order valence-electron chi connectivity index (χ0n) is 29.5. The third-order valence-corrected chi connectivity index (χ3v) is 10.5. The molecule has 244 valence electrons. The van der Waals surface area contributed by atoms with Gasteiger partial charge in [-0.1, -0.05) is 107 Å². The summed E-state index contributed by atoms with van der Waals surface area (Å²) in [5.41, 5.74) is 14.5. The van der Waals surface area contributed by atoms with Gasteiger partial charge < -0.3 is 4.42 Å². The maximum Gasteiger partial charge on any atom is 0.299 e. The standard InChI is InChI=1S/C46H40N3O/c1-27(2)35-24-32(30-14-8-7-9-15-30)25-36(28(3)4)44(35)49-40-19-13-12-18-39(40)48(6)46(49)42-29(5)20-22-34-43-41(50-45(34)42)26-37-33-17-11-10-16-31(33)21-23-38(37)47-43/h7-28H,1-6H3/q+1. The number of aromatic nitrogens is 3. The summed E-state index contributed by atoms with van der Waals surface area (Å²) in [6.07, 6.45) is 0. The molecule has 3 aromatic heterocycles. The molecule has 0 unspecified atom stereocenters. The molecule has 0 radical (unpaired) electrons. The van der Waals surface area contributed by atoms with Crippen LogP contribution < -0.4 is 4.57 Å². The average Bonchev–Trinajstić information content (AvgIpc) is 3.64. The summed E-state index contributed by atoms with van der Waals surface area (Å²) in [6, 6.07) is 43.7. The zero-order chi connectivity index (χ0) is 34.3. The number of furan rings is 1. The van der Waals surface area contributed by atoms with E-state index in [1.807, 2.05) is 0 Å². The summed E-state index contributed by atoms with van der Waals surface area (Å²) in [7, 11) is 2.19. The van der Waals surface area contributed by atoms with E-state index in [0.29, 0.717) is 11.8 Å². The highest BCUT2D eigenvalue weighted by atomic mass is 16.3. The van der Waals surface area contributed by atoms with Crippen molar-refractivity contribution in [1.82, 2.24) is 9.55 Å². The molecule has 0 bridgehead atoms. The third-order valence-electron chi connectivity index (χ3n) is 10.5. The van der Waals surface area contributed by atoms with Gasteiger partial charge >= 0.3 is 0 Å². The van der Waals surface area contributed by atoms with Crippen LogP contribution in [0.15, 0.2) is 126 Å². The number of imidazole rings is 1. The number of hydrogen-bond donors (Lipinski definition) is 0. The maximum atomic E-state index is 6.96. The van der Waals surface area contributed by atoms with E-state index >= 15 is 0 Å². The van der Waals surface area contributed by atoms with Crippen LogP contribution >= 0.6 is 0 Å². The predicted molar refractivity (Wildman–Crippen MR) is 208 cm³/mol. The van der Waals surface area contributed by atoms with Crippen LogP contribution in [0, 0.1) is 6.92 Å². The molecule has 0 N–H and O–H groups in total. The van der Waals surface area contributed by atoms with Crippen molar-refractivity contribution in [1.29, 1.82) is 0 Å². The molecule has 9 rings (SSSR count). The Bertz CT molecular complexity index is 2750. The van der Waals surface area contributed by atoms with E-state index in [9.17, 15) is 0 Å². The number of benzene rings is 6. The average molecular weight is 651 g/mol. The molecule has 0 fully saturated rings. The highest BCUT2D eigenvalue weighted by molar-refractivity contribution is 6.14. The van der Waals surface area contributed by atoms with E-state index < -0.39 is 0 Å². The predicted octanol–water partition coefficient (Wildman–Crippen LogP) is 11.9. The molecular formula is C46H40N3O+. The summed E-state index contributed by atoms with van der Waals surface area (Å²) in [6.45, 7) is 11.5. The van der Waals surface area contributed by atoms with Gasteiger partial charge in [-0.25, -0.2) is 9.55 Å². The number of aryl methyl sites for hydroxylation is 2. The second-order valence-electron chi connectivity index (χ2n) is 14.3. The Balaban J connectivity index is 1.40. The van der Waals surface area contributed by atoms with Crippen molar-refractivity contribution in [3.05, 3.63) is 138 Å². The molecule has 4 heteroatoms. The maximum absolute atomic E-state index is 6.96. The van der Waals surface area contributed by atoms with Gasteiger partial charge in [-0.15, -0.1) is 0 Å². The first-order chi connectivity index (χ1) is 24.3. The lowest BCUT2D eigenvalue weighted by Crippen LogP contribution is -2.30. The van der Waals surface area contributed by atoms with Gasteiger partial charge in [-0.2, -0.15) is 4.57 Å². The van der Waals surface area contributed by atoms with E-state index in [-0.39, 0.29) is 0 Å². The molecule has 6 aromatic carbocycles. The highest BCUT2D eigenvalue weighted by Crippen LogP contribution is 2.43. The molecule has 3 heterocycles. The van der Waals surface area contributed by atoms with E-state index in [0.717, 1.165) is 49.9 Å². The van der Waals surface area contributed by atoms with Crippen LogP contribution in [0.5, 0.6) is 0 Å². The number of nitrogens with zero attached hydrogens (tertiary/aromatic N) is 3. The van der Waals surface area contributed by atoms with Crippen LogP contribution in [-0.4, -0.2) is 9.55 Å². The molecule has 0 atom stereocenters. The fourth-order valence-electron chi connectivity index (χ4n) is 7.98. The van der Waals surface area contributed by atoms with E-state index in [4.69, 9.17) is 9.40 Å². The first kappa shape index (κ1) is 30.3. The van der Waals surface area contributed by atoms with E-state index in [1.165, 1.54) is 49.7 Å². The van der Waals surface area contributed by atoms with Gasteiger partial charge in [-0.3, -0.25) is 0 Å². The van der Waals surface area contributed by atoms with Gasteiger partial charge in [0.05, 0.1) is 12.6 Å². The van der Waals surface area contributed by atoms with Crippen molar-refractivity contribution in [3.63, 3.8) is 0 Å². The Morgan fingerprint density at radius 3 is 2.12 bits per heavy atom. The van der Waals surface area contributed by atoms with Crippen LogP contribution in [0.3, 0.4) is 0 Å². The number of rotatable bonds is 5. The third kappa shape index (κ3) is 4.51. The summed E-state index contributed by atoms with van der Waals surface area (Å²) in [5, 5.41) is 4.52. The minimum Gasteiger partial charge on any atom is -0.453 e. The topological polar surface area (TPSA) is 34.8 Å². The zero-order valence-corrected chi connectivity index (χ0v) is 29.5. The fraction of sp³-hybridized carbons (Fsp3) is 0.174. The van der Waals surface area contributed by atoms with Crippen molar-refractivity contribution in [3.8, 4) is 28.2 Å². The molecule has 0 aliphatic carbocycles. The van der Waals surface area contributed by atoms with Crippen LogP contribution in [0.2, 0.25) is 0 Å². The van der Waals surface area contributed by atoms with Crippen LogP contribution in [0.4, 0.5) is 0 Å². The minimum absolute atomic E-state index is 0.292. The minimum atomic E-state index is 0.292. The molecule has 50 heavy (non-hydrogen) atoms. The molecule has 0 saturated heterocycles. The smallest absolute Gasteiger partial charge is 0.299 e. The molecule has 0 aliphatic rings. The van der Waals surface area contributed by atoms with Crippen LogP contribution in [0.25, 0.3) is 83.0 Å². The molecule has 0 amide bonds. The summed E-state index contributed by atoms with van der Waals surface area (Å²) in [4.78, 5) is 5.23. The van der Waals surface area contributed by atoms with Crippen LogP contribution in [-0.2, 0) is 7.05 Å². The van der Waals surface area contributed by atoms with Crippen molar-refractivity contribution < 1.29 is 8.98 Å².